The van der Waals surface area contributed by atoms with Crippen LogP contribution >= 0.6 is 0 Å². The summed E-state index contributed by atoms with van der Waals surface area (Å²) in [6, 6.07) is 8.07. The first-order chi connectivity index (χ1) is 9.93. The molecule has 0 amide bonds. The Morgan fingerprint density at radius 3 is 2.52 bits per heavy atom. The molecule has 1 heterocycles. The van der Waals surface area contributed by atoms with Crippen molar-refractivity contribution < 1.29 is 4.92 Å². The van der Waals surface area contributed by atoms with Gasteiger partial charge in [-0.3, -0.25) is 10.1 Å². The van der Waals surface area contributed by atoms with Crippen LogP contribution in [-0.4, -0.2) is 14.7 Å². The van der Waals surface area contributed by atoms with E-state index in [0.29, 0.717) is 17.9 Å². The van der Waals surface area contributed by atoms with Crippen LogP contribution in [-0.2, 0) is 13.5 Å². The molecule has 1 atom stereocenters. The van der Waals surface area contributed by atoms with E-state index in [2.05, 4.69) is 10.4 Å². The molecule has 0 bridgehead atoms. The number of nitrogens with one attached hydrogen (secondary N) is 1. The Morgan fingerprint density at radius 1 is 1.38 bits per heavy atom. The number of nitro groups is 1. The molecule has 0 spiro atoms. The molecule has 0 saturated carbocycles. The van der Waals surface area contributed by atoms with E-state index in [1.165, 1.54) is 5.56 Å². The van der Waals surface area contributed by atoms with E-state index >= 15 is 0 Å². The van der Waals surface area contributed by atoms with E-state index in [9.17, 15) is 10.1 Å². The number of nitrogens with zero attached hydrogens (tertiary/aromatic N) is 3. The first-order valence-electron chi connectivity index (χ1n) is 6.97. The van der Waals surface area contributed by atoms with Crippen LogP contribution in [0.2, 0.25) is 0 Å². The molecule has 0 aliphatic heterocycles. The third-order valence-electron chi connectivity index (χ3n) is 3.54. The van der Waals surface area contributed by atoms with Crippen LogP contribution in [0, 0.1) is 17.0 Å². The van der Waals surface area contributed by atoms with Gasteiger partial charge in [-0.05, 0) is 25.8 Å². The zero-order valence-corrected chi connectivity index (χ0v) is 12.8. The van der Waals surface area contributed by atoms with Crippen molar-refractivity contribution in [3.8, 4) is 0 Å². The fourth-order valence-electron chi connectivity index (χ4n) is 2.30. The third-order valence-corrected chi connectivity index (χ3v) is 3.54. The van der Waals surface area contributed by atoms with Gasteiger partial charge in [-0.2, -0.15) is 5.10 Å². The van der Waals surface area contributed by atoms with Gasteiger partial charge in [-0.25, -0.2) is 4.68 Å². The lowest BCUT2D eigenvalue weighted by Gasteiger charge is -2.15. The minimum atomic E-state index is -0.365. The highest BCUT2D eigenvalue weighted by molar-refractivity contribution is 5.60. The highest BCUT2D eigenvalue weighted by Gasteiger charge is 2.26. The molecule has 2 rings (SSSR count). The molecule has 0 aliphatic carbocycles. The number of aryl methyl sites for hydroxylation is 3. The van der Waals surface area contributed by atoms with Gasteiger partial charge in [-0.1, -0.05) is 36.8 Å². The monoisotopic (exact) mass is 288 g/mol. The Labute approximate surface area is 123 Å². The first-order valence-corrected chi connectivity index (χ1v) is 6.97. The first kappa shape index (κ1) is 15.0. The number of hydrogen-bond acceptors (Lipinski definition) is 4. The lowest BCUT2D eigenvalue weighted by molar-refractivity contribution is -0.384. The number of hydrogen-bond donors (Lipinski definition) is 1. The van der Waals surface area contributed by atoms with Gasteiger partial charge in [0, 0.05) is 7.05 Å². The zero-order chi connectivity index (χ0) is 15.6. The molecule has 21 heavy (non-hydrogen) atoms. The van der Waals surface area contributed by atoms with Gasteiger partial charge in [0.1, 0.15) is 5.69 Å². The van der Waals surface area contributed by atoms with Crippen molar-refractivity contribution in [2.24, 2.45) is 7.05 Å². The number of aromatic nitrogens is 2. The summed E-state index contributed by atoms with van der Waals surface area (Å²) in [5.74, 6) is 0.449. The highest BCUT2D eigenvalue weighted by Crippen LogP contribution is 2.31. The smallest absolute Gasteiger partial charge is 0.333 e. The molecule has 112 valence electrons. The molecule has 2 aromatic rings. The van der Waals surface area contributed by atoms with Crippen LogP contribution in [0.4, 0.5) is 11.5 Å². The summed E-state index contributed by atoms with van der Waals surface area (Å²) in [5, 5.41) is 18.7. The fraction of sp³-hybridized carbons (Fsp3) is 0.400. The minimum Gasteiger partial charge on any atom is -0.358 e. The predicted octanol–water partition coefficient (Wildman–Crippen LogP) is 3.37. The maximum absolute atomic E-state index is 11.3. The lowest BCUT2D eigenvalue weighted by atomic mass is 10.1. The molecule has 1 unspecified atom stereocenters. The molecule has 6 heteroatoms. The van der Waals surface area contributed by atoms with E-state index in [0.717, 1.165) is 5.56 Å². The fourth-order valence-corrected chi connectivity index (χ4v) is 2.30. The summed E-state index contributed by atoms with van der Waals surface area (Å²) < 4.78 is 1.54. The maximum atomic E-state index is 11.3. The van der Waals surface area contributed by atoms with E-state index in [-0.39, 0.29) is 16.7 Å². The Hall–Kier alpha value is -2.37. The summed E-state index contributed by atoms with van der Waals surface area (Å²) in [5.41, 5.74) is 2.83. The van der Waals surface area contributed by atoms with E-state index < -0.39 is 0 Å². The third kappa shape index (κ3) is 3.04. The van der Waals surface area contributed by atoms with E-state index in [4.69, 9.17) is 0 Å². The largest absolute Gasteiger partial charge is 0.358 e. The van der Waals surface area contributed by atoms with Crippen LogP contribution in [0.5, 0.6) is 0 Å². The average Bonchev–Trinajstić information content (AvgIpc) is 2.76. The van der Waals surface area contributed by atoms with Gasteiger partial charge in [0.25, 0.3) is 0 Å². The quantitative estimate of drug-likeness (QED) is 0.676. The molecule has 0 saturated heterocycles. The SMILES string of the molecule is CCc1nn(C)c(NC(C)c2ccc(C)cc2)c1[N+](=O)[O-]. The summed E-state index contributed by atoms with van der Waals surface area (Å²) in [6.07, 6.45) is 0.532. The Morgan fingerprint density at radius 2 is 2.00 bits per heavy atom. The van der Waals surface area contributed by atoms with Gasteiger partial charge in [0.2, 0.25) is 5.82 Å². The average molecular weight is 288 g/mol. The van der Waals surface area contributed by atoms with Gasteiger partial charge < -0.3 is 5.32 Å². The maximum Gasteiger partial charge on any atom is 0.333 e. The summed E-state index contributed by atoms with van der Waals surface area (Å²) in [6.45, 7) is 5.87. The van der Waals surface area contributed by atoms with Crippen LogP contribution in [0.15, 0.2) is 24.3 Å². The molecule has 1 aromatic carbocycles. The van der Waals surface area contributed by atoms with Crippen molar-refractivity contribution in [2.45, 2.75) is 33.2 Å². The normalized spacial score (nSPS) is 12.2. The number of benzene rings is 1. The van der Waals surface area contributed by atoms with E-state index in [1.807, 2.05) is 45.0 Å². The van der Waals surface area contributed by atoms with Crippen molar-refractivity contribution in [3.05, 3.63) is 51.2 Å². The predicted molar refractivity (Wildman–Crippen MR) is 82.5 cm³/mol. The minimum absolute atomic E-state index is 0.0376. The molecule has 6 nitrogen and oxygen atoms in total. The summed E-state index contributed by atoms with van der Waals surface area (Å²) in [4.78, 5) is 10.9. The van der Waals surface area contributed by atoms with Gasteiger partial charge >= 0.3 is 5.69 Å². The standard InChI is InChI=1S/C15H20N4O2/c1-5-13-14(19(20)21)15(18(4)17-13)16-11(3)12-8-6-10(2)7-9-12/h6-9,11,16H,5H2,1-4H3. The highest BCUT2D eigenvalue weighted by atomic mass is 16.6. The van der Waals surface area contributed by atoms with Crippen LogP contribution < -0.4 is 5.32 Å². The zero-order valence-electron chi connectivity index (χ0n) is 12.8. The van der Waals surface area contributed by atoms with Crippen molar-refractivity contribution in [1.82, 2.24) is 9.78 Å². The van der Waals surface area contributed by atoms with Crippen molar-refractivity contribution >= 4 is 11.5 Å². The molecule has 1 N–H and O–H groups in total. The number of rotatable bonds is 5. The van der Waals surface area contributed by atoms with Crippen LogP contribution in [0.25, 0.3) is 0 Å². The Balaban J connectivity index is 2.32. The molecule has 0 radical (unpaired) electrons. The topological polar surface area (TPSA) is 73.0 Å². The van der Waals surface area contributed by atoms with Crippen molar-refractivity contribution in [2.75, 3.05) is 5.32 Å². The second-order valence-corrected chi connectivity index (χ2v) is 5.15. The second-order valence-electron chi connectivity index (χ2n) is 5.15. The van der Waals surface area contributed by atoms with Gasteiger partial charge in [-0.15, -0.1) is 0 Å². The lowest BCUT2D eigenvalue weighted by Crippen LogP contribution is -2.11. The second kappa shape index (κ2) is 5.95. The van der Waals surface area contributed by atoms with Gasteiger partial charge in [0.05, 0.1) is 11.0 Å². The Kier molecular flexibility index (Phi) is 4.26. The molecule has 1 aromatic heterocycles. The van der Waals surface area contributed by atoms with Crippen molar-refractivity contribution in [3.63, 3.8) is 0 Å². The summed E-state index contributed by atoms with van der Waals surface area (Å²) in [7, 11) is 1.72. The Bertz CT molecular complexity index is 646. The molecular weight excluding hydrogens is 268 g/mol. The molecular formula is C15H20N4O2. The summed E-state index contributed by atoms with van der Waals surface area (Å²) >= 11 is 0. The van der Waals surface area contributed by atoms with Crippen LogP contribution in [0.1, 0.15) is 36.7 Å². The van der Waals surface area contributed by atoms with E-state index in [1.54, 1.807) is 11.7 Å². The number of anilines is 1. The van der Waals surface area contributed by atoms with Crippen LogP contribution in [0.3, 0.4) is 0 Å². The van der Waals surface area contributed by atoms with Crippen molar-refractivity contribution in [1.29, 1.82) is 0 Å². The van der Waals surface area contributed by atoms with Gasteiger partial charge in [0.15, 0.2) is 0 Å². The molecule has 0 fully saturated rings. The molecule has 0 aliphatic rings.